The van der Waals surface area contributed by atoms with Crippen molar-refractivity contribution in [2.45, 2.75) is 6.42 Å². The summed E-state index contributed by atoms with van der Waals surface area (Å²) in [5, 5.41) is 12.7. The van der Waals surface area contributed by atoms with Crippen LogP contribution in [0.5, 0.6) is 0 Å². The molecule has 0 atom stereocenters. The van der Waals surface area contributed by atoms with Crippen molar-refractivity contribution in [3.8, 4) is 17.3 Å². The van der Waals surface area contributed by atoms with E-state index in [2.05, 4.69) is 11.1 Å². The van der Waals surface area contributed by atoms with Gasteiger partial charge in [-0.1, -0.05) is 35.9 Å². The second kappa shape index (κ2) is 6.09. The Kier molecular flexibility index (Phi) is 4.01. The summed E-state index contributed by atoms with van der Waals surface area (Å²) in [5.74, 6) is 0. The lowest BCUT2D eigenvalue weighted by Crippen LogP contribution is -1.87. The van der Waals surface area contributed by atoms with Gasteiger partial charge in [0.2, 0.25) is 0 Å². The molecule has 0 radical (unpaired) electrons. The highest BCUT2D eigenvalue weighted by Gasteiger charge is 2.06. The van der Waals surface area contributed by atoms with Gasteiger partial charge in [-0.2, -0.15) is 5.26 Å². The average molecular weight is 311 g/mol. The largest absolute Gasteiger partial charge is 0.241 e. The summed E-state index contributed by atoms with van der Waals surface area (Å²) in [6.45, 7) is 0. The van der Waals surface area contributed by atoms with Gasteiger partial charge in [0, 0.05) is 22.4 Å². The van der Waals surface area contributed by atoms with Crippen molar-refractivity contribution >= 4 is 22.9 Å². The zero-order chi connectivity index (χ0) is 14.7. The third-order valence-corrected chi connectivity index (χ3v) is 4.23. The molecule has 0 aliphatic heterocycles. The molecule has 0 aliphatic carbocycles. The van der Waals surface area contributed by atoms with E-state index in [0.29, 0.717) is 5.56 Å². The van der Waals surface area contributed by atoms with Gasteiger partial charge in [-0.25, -0.2) is 4.98 Å². The van der Waals surface area contributed by atoms with Crippen molar-refractivity contribution in [1.82, 2.24) is 4.98 Å². The number of hydrogen-bond acceptors (Lipinski definition) is 3. The molecule has 0 saturated carbocycles. The zero-order valence-corrected chi connectivity index (χ0v) is 12.7. The van der Waals surface area contributed by atoms with E-state index in [4.69, 9.17) is 16.9 Å². The maximum absolute atomic E-state index is 8.81. The molecule has 2 aromatic carbocycles. The van der Waals surface area contributed by atoms with Gasteiger partial charge in [-0.05, 0) is 29.8 Å². The summed E-state index contributed by atoms with van der Waals surface area (Å²) in [6, 6.07) is 17.4. The van der Waals surface area contributed by atoms with Gasteiger partial charge in [-0.3, -0.25) is 0 Å². The summed E-state index contributed by atoms with van der Waals surface area (Å²) in [7, 11) is 0. The number of nitriles is 1. The molecule has 0 bridgehead atoms. The predicted octanol–water partition coefficient (Wildman–Crippen LogP) is 4.93. The quantitative estimate of drug-likeness (QED) is 0.688. The normalized spacial score (nSPS) is 10.3. The van der Waals surface area contributed by atoms with Gasteiger partial charge in [0.1, 0.15) is 0 Å². The first-order chi connectivity index (χ1) is 10.2. The molecule has 21 heavy (non-hydrogen) atoms. The molecular weight excluding hydrogens is 300 g/mol. The van der Waals surface area contributed by atoms with Crippen LogP contribution in [-0.2, 0) is 6.42 Å². The van der Waals surface area contributed by atoms with Gasteiger partial charge in [0.15, 0.2) is 0 Å². The van der Waals surface area contributed by atoms with Crippen LogP contribution in [0.3, 0.4) is 0 Å². The molecule has 1 aromatic heterocycles. The van der Waals surface area contributed by atoms with E-state index < -0.39 is 0 Å². The Labute approximate surface area is 132 Å². The number of benzene rings is 2. The highest BCUT2D eigenvalue weighted by atomic mass is 35.5. The molecule has 1 heterocycles. The van der Waals surface area contributed by atoms with E-state index in [1.807, 2.05) is 53.9 Å². The van der Waals surface area contributed by atoms with Crippen molar-refractivity contribution in [1.29, 1.82) is 5.26 Å². The van der Waals surface area contributed by atoms with Gasteiger partial charge >= 0.3 is 0 Å². The van der Waals surface area contributed by atoms with Crippen molar-refractivity contribution in [2.75, 3.05) is 0 Å². The van der Waals surface area contributed by atoms with Crippen LogP contribution in [0.1, 0.15) is 16.1 Å². The fraction of sp³-hybridized carbons (Fsp3) is 0.0588. The molecule has 0 amide bonds. The second-order valence-electron chi connectivity index (χ2n) is 4.62. The number of halogens is 1. The Morgan fingerprint density at radius 1 is 1.05 bits per heavy atom. The summed E-state index contributed by atoms with van der Waals surface area (Å²) in [6.07, 6.45) is 0.804. The summed E-state index contributed by atoms with van der Waals surface area (Å²) >= 11 is 7.53. The number of aromatic nitrogens is 1. The lowest BCUT2D eigenvalue weighted by molar-refractivity contribution is 1.14. The minimum absolute atomic E-state index is 0.662. The predicted molar refractivity (Wildman–Crippen MR) is 86.5 cm³/mol. The molecule has 3 rings (SSSR count). The molecule has 2 nitrogen and oxygen atoms in total. The van der Waals surface area contributed by atoms with Crippen molar-refractivity contribution in [3.63, 3.8) is 0 Å². The Morgan fingerprint density at radius 2 is 1.76 bits per heavy atom. The van der Waals surface area contributed by atoms with Gasteiger partial charge in [-0.15, -0.1) is 11.3 Å². The van der Waals surface area contributed by atoms with Crippen LogP contribution in [0, 0.1) is 11.3 Å². The third-order valence-electron chi connectivity index (χ3n) is 3.13. The number of nitrogens with zero attached hydrogens (tertiary/aromatic N) is 2. The van der Waals surface area contributed by atoms with Crippen LogP contribution >= 0.6 is 22.9 Å². The van der Waals surface area contributed by atoms with E-state index in [9.17, 15) is 0 Å². The Balaban J connectivity index is 1.79. The van der Waals surface area contributed by atoms with Gasteiger partial charge < -0.3 is 0 Å². The van der Waals surface area contributed by atoms with E-state index >= 15 is 0 Å². The molecule has 0 spiro atoms. The number of rotatable bonds is 3. The van der Waals surface area contributed by atoms with Crippen LogP contribution in [-0.4, -0.2) is 4.98 Å². The van der Waals surface area contributed by atoms with E-state index in [-0.39, 0.29) is 0 Å². The maximum atomic E-state index is 8.81. The summed E-state index contributed by atoms with van der Waals surface area (Å²) in [5.41, 5.74) is 3.84. The monoisotopic (exact) mass is 310 g/mol. The molecule has 0 aliphatic rings. The van der Waals surface area contributed by atoms with Crippen LogP contribution in [0.25, 0.3) is 11.3 Å². The fourth-order valence-electron chi connectivity index (χ4n) is 2.02. The smallest absolute Gasteiger partial charge is 0.0991 e. The van der Waals surface area contributed by atoms with Crippen LogP contribution < -0.4 is 0 Å². The minimum Gasteiger partial charge on any atom is -0.241 e. The topological polar surface area (TPSA) is 36.7 Å². The Morgan fingerprint density at radius 3 is 2.43 bits per heavy atom. The van der Waals surface area contributed by atoms with Crippen molar-refractivity contribution < 1.29 is 0 Å². The molecule has 0 fully saturated rings. The first-order valence-corrected chi connectivity index (χ1v) is 7.70. The molecule has 4 heteroatoms. The average Bonchev–Trinajstić information content (AvgIpc) is 2.98. The Hall–Kier alpha value is -2.15. The molecule has 0 saturated heterocycles. The minimum atomic E-state index is 0.662. The molecule has 102 valence electrons. The van der Waals surface area contributed by atoms with Crippen LogP contribution in [0.15, 0.2) is 53.9 Å². The fourth-order valence-corrected chi connectivity index (χ4v) is 2.98. The third kappa shape index (κ3) is 3.30. The summed E-state index contributed by atoms with van der Waals surface area (Å²) in [4.78, 5) is 4.66. The lowest BCUT2D eigenvalue weighted by Gasteiger charge is -1.98. The van der Waals surface area contributed by atoms with Crippen molar-refractivity contribution in [2.24, 2.45) is 0 Å². The van der Waals surface area contributed by atoms with Gasteiger partial charge in [0.25, 0.3) is 0 Å². The van der Waals surface area contributed by atoms with E-state index in [0.717, 1.165) is 27.7 Å². The van der Waals surface area contributed by atoms with E-state index in [1.54, 1.807) is 11.3 Å². The highest BCUT2D eigenvalue weighted by molar-refractivity contribution is 7.10. The van der Waals surface area contributed by atoms with Crippen molar-refractivity contribution in [3.05, 3.63) is 75.1 Å². The van der Waals surface area contributed by atoms with E-state index in [1.165, 1.54) is 5.56 Å². The summed E-state index contributed by atoms with van der Waals surface area (Å²) < 4.78 is 0. The zero-order valence-electron chi connectivity index (χ0n) is 11.1. The number of thiazole rings is 1. The SMILES string of the molecule is N#Cc1ccc(-c2csc(Cc3ccc(Cl)cc3)n2)cc1. The standard InChI is InChI=1S/C17H11ClN2S/c18-15-7-3-12(4-8-15)9-17-20-16(11-21-17)14-5-1-13(10-19)2-6-14/h1-8,11H,9H2. The lowest BCUT2D eigenvalue weighted by atomic mass is 10.1. The first-order valence-electron chi connectivity index (χ1n) is 6.44. The highest BCUT2D eigenvalue weighted by Crippen LogP contribution is 2.24. The van der Waals surface area contributed by atoms with Crippen LogP contribution in [0.4, 0.5) is 0 Å². The van der Waals surface area contributed by atoms with Crippen LogP contribution in [0.2, 0.25) is 5.02 Å². The number of hydrogen-bond donors (Lipinski definition) is 0. The molecule has 0 N–H and O–H groups in total. The first kappa shape index (κ1) is 13.8. The molecular formula is C17H11ClN2S. The second-order valence-corrected chi connectivity index (χ2v) is 6.00. The molecule has 3 aromatic rings. The Bertz CT molecular complexity index is 783. The van der Waals surface area contributed by atoms with Gasteiger partial charge in [0.05, 0.1) is 22.3 Å². The maximum Gasteiger partial charge on any atom is 0.0991 e. The molecule has 0 unspecified atom stereocenters.